The lowest BCUT2D eigenvalue weighted by atomic mass is 9.80. The number of anilines is 3. The molecular formula is C97H82BCl3F14N8O19. The van der Waals surface area contributed by atoms with E-state index in [0.29, 0.717) is 46.1 Å². The molecule has 0 bridgehead atoms. The van der Waals surface area contributed by atoms with E-state index in [1.807, 2.05) is 5.32 Å². The minimum Gasteiger partial charge on any atom is -0.618 e. The van der Waals surface area contributed by atoms with Gasteiger partial charge in [0.15, 0.2) is 6.20 Å². The summed E-state index contributed by atoms with van der Waals surface area (Å²) in [5, 5.41) is 39.5. The Kier molecular flexibility index (Phi) is 44.4. The SMILES string of the molecule is CC(C)(C)OC(=O)Nc1c(F)cccc1F.CCOC(=O)c1ccc(Cl)nc1-c1ccc(F)cc1F.CCOC(=O)c1ccc(N(C(=O)OC(C)(C)C)c2c(F)cccc2F)nc1-c1ccc(F)cc1F.CCOC(=O)c1cccnc1-c1ccc(F)cc1F.CCOC(=O)c1cccnc1Cl.COC(=O)c1ccc[n+]([O-])c1-c1ccc(F)cc1F.O=C(O)c1cccnc1Cl.OB(O)c1ccc(F)cc1F. The van der Waals surface area contributed by atoms with Crippen LogP contribution in [0.5, 0.6) is 0 Å². The summed E-state index contributed by atoms with van der Waals surface area (Å²) in [6, 6.07) is 37.2. The number of carboxylic acid groups (broad SMARTS) is 1. The second-order valence-electron chi connectivity index (χ2n) is 29.6. The summed E-state index contributed by atoms with van der Waals surface area (Å²) >= 11 is 16.8. The number of rotatable bonds is 18. The number of carbonyl (C=O) groups excluding carboxylic acids is 7. The normalized spacial score (nSPS) is 10.4. The summed E-state index contributed by atoms with van der Waals surface area (Å²) < 4.78 is 223. The molecule has 2 amide bonds. The lowest BCUT2D eigenvalue weighted by Crippen LogP contribution is -2.35. The molecular weight excluding hydrogens is 1960 g/mol. The number of aromatic nitrogens is 6. The molecule has 0 aliphatic heterocycles. The molecule has 0 spiro atoms. The fourth-order valence-corrected chi connectivity index (χ4v) is 11.8. The summed E-state index contributed by atoms with van der Waals surface area (Å²) in [5.41, 5.74) is -3.94. The number of amides is 2. The first-order valence-electron chi connectivity index (χ1n) is 41.1. The van der Waals surface area contributed by atoms with E-state index < -0.39 is 159 Å². The second kappa shape index (κ2) is 54.7. The molecule has 0 aliphatic rings. The molecule has 0 radical (unpaired) electrons. The lowest BCUT2D eigenvalue weighted by molar-refractivity contribution is -0.593. The third-order valence-corrected chi connectivity index (χ3v) is 18.0. The van der Waals surface area contributed by atoms with E-state index in [2.05, 4.69) is 29.7 Å². The molecule has 27 nitrogen and oxygen atoms in total. The van der Waals surface area contributed by atoms with Crippen molar-refractivity contribution in [3.8, 4) is 45.0 Å². The zero-order chi connectivity index (χ0) is 106. The highest BCUT2D eigenvalue weighted by Gasteiger charge is 2.34. The van der Waals surface area contributed by atoms with Crippen LogP contribution >= 0.6 is 34.8 Å². The minimum absolute atomic E-state index is 0.00358. The molecule has 13 aromatic rings. The molecule has 0 fully saturated rings. The summed E-state index contributed by atoms with van der Waals surface area (Å²) in [6.45, 7) is 17.0. The largest absolute Gasteiger partial charge is 0.618 e. The Hall–Kier alpha value is -15.5. The number of nitrogens with zero attached hydrogens (tertiary/aromatic N) is 7. The maximum absolute atomic E-state index is 14.7. The maximum Gasteiger partial charge on any atom is 0.491 e. The van der Waals surface area contributed by atoms with Gasteiger partial charge in [0.1, 0.15) is 131 Å². The van der Waals surface area contributed by atoms with Crippen LogP contribution in [0.4, 0.5) is 88.2 Å². The van der Waals surface area contributed by atoms with Crippen molar-refractivity contribution < 1.29 is 153 Å². The molecule has 6 aromatic heterocycles. The van der Waals surface area contributed by atoms with Gasteiger partial charge in [0.05, 0.1) is 84.0 Å². The van der Waals surface area contributed by atoms with Crippen LogP contribution in [0.2, 0.25) is 15.5 Å². The number of para-hydroxylation sites is 2. The molecule has 0 saturated heterocycles. The molecule has 0 atom stereocenters. The monoisotopic (exact) mass is 2040 g/mol. The van der Waals surface area contributed by atoms with Crippen molar-refractivity contribution in [2.75, 3.05) is 43.8 Å². The van der Waals surface area contributed by atoms with E-state index in [0.717, 1.165) is 110 Å². The zero-order valence-electron chi connectivity index (χ0n) is 76.2. The van der Waals surface area contributed by atoms with E-state index in [9.17, 15) is 105 Å². The first-order chi connectivity index (χ1) is 67.0. The Morgan fingerprint density at radius 1 is 0.408 bits per heavy atom. The fraction of sp³-hybridized carbons (Fsp3) is 0.175. The Balaban J connectivity index is 0.000000257. The van der Waals surface area contributed by atoms with E-state index in [4.69, 9.17) is 78.4 Å². The van der Waals surface area contributed by atoms with Crippen LogP contribution < -0.4 is 20.4 Å². The van der Waals surface area contributed by atoms with Gasteiger partial charge in [-0.25, -0.2) is 125 Å². The number of nitrogens with one attached hydrogen (secondary N) is 1. The standard InChI is InChI=1S/C25H22F4N2O4.C14H10ClF2NO2.C14H11F2NO2.C13H9F2NO3.C11H13F2NO2.C8H8ClNO2.C6H5BF2O2.C6H4ClNO2/c1-5-34-23(32)16-11-12-20(30-21(16)15-10-9-14(26)13-19(15)29)31(24(33)35-25(2,3)4)22-17(27)7-6-8-18(22)28;1-2-20-14(19)10-5-6-12(15)18-13(10)9-4-3-8(16)7-11(9)17;1-2-19-14(18)11-4-3-7-17-13(11)10-6-5-9(15)8-12(10)16;1-19-13(17)10-3-2-6-16(18)12(10)9-5-4-8(14)7-11(9)15;1-11(2,3)16-10(15)14-9-7(12)5-4-6-8(9)13;1-2-12-8(11)6-4-3-5-10-7(6)9;8-4-1-2-5(7(10)11)6(9)3-4;7-5-4(6(9)10)2-1-3-8-5/h6-13H,5H2,1-4H3;3-7H,2H2,1H3;3-8H,2H2,1H3;2-7H,1H3;4-6H,1-3H3,(H,14,15);3-5H,2H2,1H3;1-3,10-11H;1-3H,(H,9,10). The number of carboxylic acids is 1. The Morgan fingerprint density at radius 2 is 0.782 bits per heavy atom. The molecule has 6 heterocycles. The van der Waals surface area contributed by atoms with Crippen molar-refractivity contribution in [2.45, 2.75) is 80.4 Å². The van der Waals surface area contributed by atoms with Gasteiger partial charge in [0.2, 0.25) is 5.69 Å². The number of hydrogen-bond acceptors (Lipinski definition) is 23. The number of ether oxygens (including phenoxy) is 7. The summed E-state index contributed by atoms with van der Waals surface area (Å²) in [7, 11) is -0.745. The number of pyridine rings is 6. The number of carbonyl (C=O) groups is 8. The molecule has 0 saturated carbocycles. The zero-order valence-corrected chi connectivity index (χ0v) is 78.5. The average molecular weight is 2050 g/mol. The van der Waals surface area contributed by atoms with Gasteiger partial charge in [0.25, 0.3) is 0 Å². The highest BCUT2D eigenvalue weighted by Crippen LogP contribution is 2.37. The van der Waals surface area contributed by atoms with Gasteiger partial charge < -0.3 is 53.5 Å². The second-order valence-corrected chi connectivity index (χ2v) is 30.7. The number of methoxy groups -OCH3 is 1. The highest BCUT2D eigenvalue weighted by molar-refractivity contribution is 6.58. The average Bonchev–Trinajstić information content (AvgIpc) is 0.630. The van der Waals surface area contributed by atoms with Crippen molar-refractivity contribution in [1.82, 2.24) is 24.9 Å². The van der Waals surface area contributed by atoms with Crippen LogP contribution in [0.1, 0.15) is 131 Å². The number of esters is 5. The van der Waals surface area contributed by atoms with Crippen LogP contribution in [0.3, 0.4) is 0 Å². The van der Waals surface area contributed by atoms with Crippen molar-refractivity contribution in [3.63, 3.8) is 0 Å². The van der Waals surface area contributed by atoms with Gasteiger partial charge in [-0.1, -0.05) is 53.0 Å². The van der Waals surface area contributed by atoms with E-state index >= 15 is 0 Å². The highest BCUT2D eigenvalue weighted by atomic mass is 35.5. The third kappa shape index (κ3) is 34.5. The molecule has 746 valence electrons. The number of benzene rings is 7. The first-order valence-corrected chi connectivity index (χ1v) is 42.2. The van der Waals surface area contributed by atoms with Gasteiger partial charge in [-0.3, -0.25) is 10.3 Å². The lowest BCUT2D eigenvalue weighted by Gasteiger charge is -2.27. The Labute approximate surface area is 815 Å². The van der Waals surface area contributed by atoms with Gasteiger partial charge in [-0.15, -0.1) is 0 Å². The number of halogens is 17. The van der Waals surface area contributed by atoms with Gasteiger partial charge in [-0.2, -0.15) is 4.73 Å². The topological polar surface area (TPSA) is 369 Å². The minimum atomic E-state index is -1.89. The Morgan fingerprint density at radius 3 is 1.18 bits per heavy atom. The van der Waals surface area contributed by atoms with Crippen molar-refractivity contribution in [2.24, 2.45) is 0 Å². The van der Waals surface area contributed by atoms with E-state index in [1.165, 1.54) is 79.3 Å². The van der Waals surface area contributed by atoms with Crippen LogP contribution in [-0.4, -0.2) is 140 Å². The van der Waals surface area contributed by atoms with Crippen LogP contribution in [0, 0.1) is 86.6 Å². The molecule has 0 aliphatic carbocycles. The van der Waals surface area contributed by atoms with Gasteiger partial charge in [-0.05, 0) is 215 Å². The fourth-order valence-electron chi connectivity index (χ4n) is 11.3. The first kappa shape index (κ1) is 115. The predicted molar refractivity (Wildman–Crippen MR) is 492 cm³/mol. The van der Waals surface area contributed by atoms with Crippen molar-refractivity contribution in [3.05, 3.63) is 360 Å². The molecule has 142 heavy (non-hydrogen) atoms. The summed E-state index contributed by atoms with van der Waals surface area (Å²) in [5.74, 6) is -17.0. The van der Waals surface area contributed by atoms with Crippen molar-refractivity contribution in [1.29, 1.82) is 0 Å². The molecule has 4 N–H and O–H groups in total. The summed E-state index contributed by atoms with van der Waals surface area (Å²) in [6.07, 6.45) is 3.44. The van der Waals surface area contributed by atoms with E-state index in [-0.39, 0.29) is 119 Å². The molecule has 45 heteroatoms. The molecule has 7 aromatic carbocycles. The van der Waals surface area contributed by atoms with Crippen LogP contribution in [0.25, 0.3) is 45.0 Å². The smallest absolute Gasteiger partial charge is 0.491 e. The molecule has 0 unspecified atom stereocenters. The summed E-state index contributed by atoms with van der Waals surface area (Å²) in [4.78, 5) is 113. The van der Waals surface area contributed by atoms with Gasteiger partial charge in [0, 0.05) is 77.1 Å². The number of hydrogen-bond donors (Lipinski definition) is 4. The van der Waals surface area contributed by atoms with Crippen LogP contribution in [0.15, 0.2) is 225 Å². The van der Waals surface area contributed by atoms with Crippen LogP contribution in [-0.2, 0) is 33.2 Å². The van der Waals surface area contributed by atoms with Gasteiger partial charge >= 0.3 is 55.1 Å². The Bertz CT molecular complexity index is 6620. The quantitative estimate of drug-likeness (QED) is 0.0118. The predicted octanol–water partition coefficient (Wildman–Crippen LogP) is 22.0. The maximum atomic E-state index is 14.7. The molecule has 13 rings (SSSR count). The van der Waals surface area contributed by atoms with Crippen molar-refractivity contribution >= 4 is 113 Å². The third-order valence-electron chi connectivity index (χ3n) is 17.2. The van der Waals surface area contributed by atoms with E-state index in [1.54, 1.807) is 87.4 Å². The number of aromatic carboxylic acids is 1.